The molecule has 0 radical (unpaired) electrons. The fourth-order valence-electron chi connectivity index (χ4n) is 2.60. The lowest BCUT2D eigenvalue weighted by atomic mass is 10.1. The van der Waals surface area contributed by atoms with Crippen molar-refractivity contribution in [2.45, 2.75) is 45.7 Å². The highest BCUT2D eigenvalue weighted by Gasteiger charge is 2.31. The summed E-state index contributed by atoms with van der Waals surface area (Å²) in [4.78, 5) is 2.36. The molecule has 106 valence electrons. The molecular formula is C16H25ClN2. The third-order valence-electron chi connectivity index (χ3n) is 4.08. The maximum atomic E-state index is 6.44. The molecule has 1 saturated carbocycles. The molecule has 0 spiro atoms. The molecule has 1 aromatic rings. The van der Waals surface area contributed by atoms with Gasteiger partial charge in [-0.15, -0.1) is 0 Å². The number of hydrogen-bond acceptors (Lipinski definition) is 2. The minimum absolute atomic E-state index is 0.574. The summed E-state index contributed by atoms with van der Waals surface area (Å²) in [5, 5.41) is 4.34. The zero-order chi connectivity index (χ0) is 13.8. The highest BCUT2D eigenvalue weighted by atomic mass is 35.5. The zero-order valence-electron chi connectivity index (χ0n) is 12.2. The van der Waals surface area contributed by atoms with Crippen molar-refractivity contribution in [3.05, 3.63) is 28.8 Å². The van der Waals surface area contributed by atoms with Gasteiger partial charge in [-0.3, -0.25) is 0 Å². The van der Waals surface area contributed by atoms with Gasteiger partial charge in [0.1, 0.15) is 0 Å². The maximum absolute atomic E-state index is 6.44. The number of rotatable bonds is 7. The van der Waals surface area contributed by atoms with Gasteiger partial charge in [-0.1, -0.05) is 30.7 Å². The van der Waals surface area contributed by atoms with Gasteiger partial charge < -0.3 is 10.2 Å². The Morgan fingerprint density at radius 3 is 2.79 bits per heavy atom. The molecule has 0 aliphatic heterocycles. The molecular weight excluding hydrogens is 256 g/mol. The number of hydrogen-bond donors (Lipinski definition) is 1. The third-order valence-corrected chi connectivity index (χ3v) is 4.39. The summed E-state index contributed by atoms with van der Waals surface area (Å²) in [6.45, 7) is 6.44. The zero-order valence-corrected chi connectivity index (χ0v) is 13.0. The number of benzene rings is 1. The molecule has 1 unspecified atom stereocenters. The Labute approximate surface area is 122 Å². The lowest BCUT2D eigenvalue weighted by Gasteiger charge is -2.30. The molecule has 0 aromatic heterocycles. The van der Waals surface area contributed by atoms with E-state index in [0.717, 1.165) is 30.5 Å². The molecule has 2 rings (SSSR count). The molecule has 19 heavy (non-hydrogen) atoms. The van der Waals surface area contributed by atoms with Crippen LogP contribution in [0.3, 0.4) is 0 Å². The number of nitrogens with zero attached hydrogens (tertiary/aromatic N) is 1. The second-order valence-corrected chi connectivity index (χ2v) is 6.02. The Hall–Kier alpha value is -0.730. The van der Waals surface area contributed by atoms with Crippen molar-refractivity contribution < 1.29 is 0 Å². The van der Waals surface area contributed by atoms with Crippen LogP contribution in [0.2, 0.25) is 5.02 Å². The van der Waals surface area contributed by atoms with Crippen molar-refractivity contribution >= 4 is 17.3 Å². The predicted octanol–water partition coefficient (Wildman–Crippen LogP) is 4.07. The van der Waals surface area contributed by atoms with Crippen LogP contribution in [0.5, 0.6) is 0 Å². The van der Waals surface area contributed by atoms with E-state index in [1.54, 1.807) is 0 Å². The average molecular weight is 281 g/mol. The average Bonchev–Trinajstić information content (AvgIpc) is 3.22. The first-order chi connectivity index (χ1) is 9.15. The monoisotopic (exact) mass is 280 g/mol. The largest absolute Gasteiger partial charge is 0.370 e. The van der Waals surface area contributed by atoms with E-state index in [-0.39, 0.29) is 0 Å². The topological polar surface area (TPSA) is 15.3 Å². The summed E-state index contributed by atoms with van der Waals surface area (Å²) in [7, 11) is 2.17. The molecule has 0 bridgehead atoms. The van der Waals surface area contributed by atoms with E-state index >= 15 is 0 Å². The second-order valence-electron chi connectivity index (χ2n) is 5.61. The van der Waals surface area contributed by atoms with E-state index in [9.17, 15) is 0 Å². The van der Waals surface area contributed by atoms with Gasteiger partial charge in [0.05, 0.1) is 10.7 Å². The molecule has 1 aliphatic carbocycles. The van der Waals surface area contributed by atoms with Crippen LogP contribution in [-0.2, 0) is 6.54 Å². The number of nitrogens with one attached hydrogen (secondary N) is 1. The maximum Gasteiger partial charge on any atom is 0.0642 e. The lowest BCUT2D eigenvalue weighted by molar-refractivity contribution is 0.603. The summed E-state index contributed by atoms with van der Waals surface area (Å²) in [6, 6.07) is 6.80. The van der Waals surface area contributed by atoms with Crippen LogP contribution in [0.4, 0.5) is 5.69 Å². The predicted molar refractivity (Wildman–Crippen MR) is 84.0 cm³/mol. The standard InChI is InChI=1S/C16H25ClN2/c1-4-10-18-11-14-6-5-7-15(17)16(14)19(3)12(2)13-8-9-13/h5-7,12-13,18H,4,8-11H2,1-3H3. The first-order valence-electron chi connectivity index (χ1n) is 7.36. The fourth-order valence-corrected chi connectivity index (χ4v) is 2.92. The van der Waals surface area contributed by atoms with Crippen molar-refractivity contribution in [2.24, 2.45) is 5.92 Å². The third kappa shape index (κ3) is 3.64. The van der Waals surface area contributed by atoms with Crippen LogP contribution in [0.25, 0.3) is 0 Å². The molecule has 1 atom stereocenters. The summed E-state index contributed by atoms with van der Waals surface area (Å²) in [5.41, 5.74) is 2.50. The molecule has 2 nitrogen and oxygen atoms in total. The molecule has 0 saturated heterocycles. The minimum Gasteiger partial charge on any atom is -0.370 e. The summed E-state index contributed by atoms with van der Waals surface area (Å²) < 4.78 is 0. The van der Waals surface area contributed by atoms with Crippen LogP contribution >= 0.6 is 11.6 Å². The highest BCUT2D eigenvalue weighted by molar-refractivity contribution is 6.33. The Balaban J connectivity index is 2.16. The molecule has 3 heteroatoms. The Morgan fingerprint density at radius 2 is 2.16 bits per heavy atom. The van der Waals surface area contributed by atoms with E-state index in [2.05, 4.69) is 37.2 Å². The Bertz CT molecular complexity index is 415. The molecule has 0 heterocycles. The van der Waals surface area contributed by atoms with Crippen LogP contribution < -0.4 is 10.2 Å². The molecule has 1 N–H and O–H groups in total. The van der Waals surface area contributed by atoms with Gasteiger partial charge in [0.25, 0.3) is 0 Å². The van der Waals surface area contributed by atoms with Crippen molar-refractivity contribution in [1.29, 1.82) is 0 Å². The quantitative estimate of drug-likeness (QED) is 0.757. The van der Waals surface area contributed by atoms with Gasteiger partial charge in [-0.05, 0) is 50.3 Å². The van der Waals surface area contributed by atoms with E-state index in [1.165, 1.54) is 24.1 Å². The minimum atomic E-state index is 0.574. The lowest BCUT2D eigenvalue weighted by Crippen LogP contribution is -2.32. The SMILES string of the molecule is CCCNCc1cccc(Cl)c1N(C)C(C)C1CC1. The van der Waals surface area contributed by atoms with E-state index in [1.807, 2.05) is 12.1 Å². The number of para-hydroxylation sites is 1. The van der Waals surface area contributed by atoms with Crippen molar-refractivity contribution in [1.82, 2.24) is 5.32 Å². The van der Waals surface area contributed by atoms with Crippen molar-refractivity contribution in [2.75, 3.05) is 18.5 Å². The first-order valence-corrected chi connectivity index (χ1v) is 7.73. The summed E-state index contributed by atoms with van der Waals surface area (Å²) >= 11 is 6.44. The van der Waals surface area contributed by atoms with Gasteiger partial charge in [0, 0.05) is 19.6 Å². The van der Waals surface area contributed by atoms with E-state index in [0.29, 0.717) is 6.04 Å². The molecule has 1 aliphatic rings. The summed E-state index contributed by atoms with van der Waals surface area (Å²) in [5.74, 6) is 0.845. The van der Waals surface area contributed by atoms with Crippen molar-refractivity contribution in [3.8, 4) is 0 Å². The van der Waals surface area contributed by atoms with Gasteiger partial charge in [-0.25, -0.2) is 0 Å². The molecule has 1 fully saturated rings. The van der Waals surface area contributed by atoms with Crippen LogP contribution in [-0.4, -0.2) is 19.6 Å². The van der Waals surface area contributed by atoms with E-state index < -0.39 is 0 Å². The molecule has 0 amide bonds. The smallest absolute Gasteiger partial charge is 0.0642 e. The van der Waals surface area contributed by atoms with Gasteiger partial charge in [0.2, 0.25) is 0 Å². The van der Waals surface area contributed by atoms with Gasteiger partial charge in [-0.2, -0.15) is 0 Å². The highest BCUT2D eigenvalue weighted by Crippen LogP contribution is 2.39. The molecule has 1 aromatic carbocycles. The first kappa shape index (κ1) is 14.7. The van der Waals surface area contributed by atoms with Crippen LogP contribution in [0.1, 0.15) is 38.7 Å². The summed E-state index contributed by atoms with van der Waals surface area (Å²) in [6.07, 6.45) is 3.88. The van der Waals surface area contributed by atoms with E-state index in [4.69, 9.17) is 11.6 Å². The van der Waals surface area contributed by atoms with Crippen LogP contribution in [0.15, 0.2) is 18.2 Å². The number of anilines is 1. The van der Waals surface area contributed by atoms with Gasteiger partial charge >= 0.3 is 0 Å². The number of halogens is 1. The van der Waals surface area contributed by atoms with Gasteiger partial charge in [0.15, 0.2) is 0 Å². The Morgan fingerprint density at radius 1 is 1.42 bits per heavy atom. The Kier molecular flexibility index (Phi) is 5.12. The van der Waals surface area contributed by atoms with Crippen molar-refractivity contribution in [3.63, 3.8) is 0 Å². The fraction of sp³-hybridized carbons (Fsp3) is 0.625. The second kappa shape index (κ2) is 6.62. The van der Waals surface area contributed by atoms with Crippen LogP contribution in [0, 0.1) is 5.92 Å². The normalized spacial score (nSPS) is 16.4.